The Morgan fingerprint density at radius 3 is 3.14 bits per heavy atom. The lowest BCUT2D eigenvalue weighted by molar-refractivity contribution is 0.148. The molecule has 1 aromatic heterocycles. The van der Waals surface area contributed by atoms with Crippen LogP contribution < -0.4 is 10.5 Å². The molecule has 4 heteroatoms. The van der Waals surface area contributed by atoms with Gasteiger partial charge in [-0.15, -0.1) is 0 Å². The maximum Gasteiger partial charge on any atom is 0.140 e. The molecule has 76 valence electrons. The highest BCUT2D eigenvalue weighted by Gasteiger charge is 2.18. The summed E-state index contributed by atoms with van der Waals surface area (Å²) in [4.78, 5) is 4.12. The van der Waals surface area contributed by atoms with Crippen LogP contribution in [0.2, 0.25) is 0 Å². The molecular weight excluding hydrogens is 180 g/mol. The lowest BCUT2D eigenvalue weighted by atomic mass is 10.1. The topological polar surface area (TPSA) is 68.4 Å². The molecule has 0 bridgehead atoms. The van der Waals surface area contributed by atoms with Crippen LogP contribution in [0.4, 0.5) is 0 Å². The van der Waals surface area contributed by atoms with Crippen LogP contribution >= 0.6 is 0 Å². The van der Waals surface area contributed by atoms with E-state index in [1.807, 2.05) is 6.07 Å². The fraction of sp³-hybridized carbons (Fsp3) is 0.500. The van der Waals surface area contributed by atoms with Crippen LogP contribution in [0.5, 0.6) is 5.75 Å². The number of pyridine rings is 1. The van der Waals surface area contributed by atoms with Gasteiger partial charge >= 0.3 is 0 Å². The van der Waals surface area contributed by atoms with Crippen LogP contribution in [-0.4, -0.2) is 22.7 Å². The monoisotopic (exact) mass is 194 g/mol. The molecule has 0 saturated carbocycles. The molecule has 1 aromatic rings. The van der Waals surface area contributed by atoms with Gasteiger partial charge in [0.2, 0.25) is 0 Å². The second kappa shape index (κ2) is 3.55. The van der Waals surface area contributed by atoms with Crippen molar-refractivity contribution in [2.24, 2.45) is 5.73 Å². The molecule has 3 N–H and O–H groups in total. The number of rotatable bonds is 2. The van der Waals surface area contributed by atoms with Crippen LogP contribution in [0, 0.1) is 0 Å². The lowest BCUT2D eigenvalue weighted by Gasteiger charge is -2.14. The number of nitrogens with zero attached hydrogens (tertiary/aromatic N) is 1. The van der Waals surface area contributed by atoms with E-state index in [-0.39, 0.29) is 6.04 Å². The van der Waals surface area contributed by atoms with Crippen molar-refractivity contribution in [1.29, 1.82) is 0 Å². The van der Waals surface area contributed by atoms with Gasteiger partial charge in [-0.25, -0.2) is 0 Å². The van der Waals surface area contributed by atoms with Gasteiger partial charge in [0.1, 0.15) is 11.9 Å². The van der Waals surface area contributed by atoms with Crippen molar-refractivity contribution in [1.82, 2.24) is 4.98 Å². The molecule has 1 aliphatic rings. The zero-order chi connectivity index (χ0) is 10.1. The van der Waals surface area contributed by atoms with Crippen LogP contribution in [-0.2, 0) is 6.42 Å². The second-order valence-electron chi connectivity index (χ2n) is 3.62. The van der Waals surface area contributed by atoms with Crippen LogP contribution in [0.1, 0.15) is 24.3 Å². The first kappa shape index (κ1) is 9.43. The van der Waals surface area contributed by atoms with Crippen molar-refractivity contribution in [3.05, 3.63) is 23.5 Å². The van der Waals surface area contributed by atoms with Gasteiger partial charge in [-0.2, -0.15) is 0 Å². The average molecular weight is 194 g/mol. The molecule has 0 aromatic carbocycles. The maximum absolute atomic E-state index is 9.70. The molecule has 0 saturated heterocycles. The normalized spacial score (nSPS) is 18.5. The Kier molecular flexibility index (Phi) is 2.39. The Hall–Kier alpha value is -1.13. The minimum atomic E-state index is -0.694. The summed E-state index contributed by atoms with van der Waals surface area (Å²) in [6.45, 7) is 2.46. The summed E-state index contributed by atoms with van der Waals surface area (Å²) in [7, 11) is 0. The number of aliphatic hydroxyl groups excluding tert-OH is 1. The van der Waals surface area contributed by atoms with Crippen molar-refractivity contribution in [2.45, 2.75) is 25.5 Å². The molecular formula is C10H14N2O2. The van der Waals surface area contributed by atoms with Crippen molar-refractivity contribution in [3.63, 3.8) is 0 Å². The summed E-state index contributed by atoms with van der Waals surface area (Å²) < 4.78 is 5.32. The van der Waals surface area contributed by atoms with E-state index in [0.29, 0.717) is 12.3 Å². The molecule has 14 heavy (non-hydrogen) atoms. The Labute approximate surface area is 82.7 Å². The summed E-state index contributed by atoms with van der Waals surface area (Å²) in [6, 6.07) is 1.57. The van der Waals surface area contributed by atoms with E-state index in [1.165, 1.54) is 0 Å². The van der Waals surface area contributed by atoms with E-state index in [1.54, 1.807) is 13.1 Å². The molecule has 0 aliphatic carbocycles. The Bertz CT molecular complexity index is 339. The molecule has 2 rings (SSSR count). The molecule has 4 nitrogen and oxygen atoms in total. The van der Waals surface area contributed by atoms with Crippen LogP contribution in [0.3, 0.4) is 0 Å². The zero-order valence-electron chi connectivity index (χ0n) is 8.10. The van der Waals surface area contributed by atoms with E-state index in [2.05, 4.69) is 4.98 Å². The zero-order valence-corrected chi connectivity index (χ0v) is 8.10. The summed E-state index contributed by atoms with van der Waals surface area (Å²) >= 11 is 0. The van der Waals surface area contributed by atoms with Gasteiger partial charge in [-0.3, -0.25) is 4.98 Å². The van der Waals surface area contributed by atoms with Crippen molar-refractivity contribution in [2.75, 3.05) is 6.61 Å². The quantitative estimate of drug-likeness (QED) is 0.715. The van der Waals surface area contributed by atoms with E-state index >= 15 is 0 Å². The van der Waals surface area contributed by atoms with Gasteiger partial charge in [-0.05, 0) is 13.0 Å². The number of fused-ring (bicyclic) bond motifs is 1. The van der Waals surface area contributed by atoms with Crippen LogP contribution in [0.15, 0.2) is 12.3 Å². The molecule has 0 spiro atoms. The highest BCUT2D eigenvalue weighted by Crippen LogP contribution is 2.26. The fourth-order valence-corrected chi connectivity index (χ4v) is 1.53. The van der Waals surface area contributed by atoms with Gasteiger partial charge in [0.25, 0.3) is 0 Å². The first-order valence-corrected chi connectivity index (χ1v) is 4.74. The first-order chi connectivity index (χ1) is 6.68. The highest BCUT2D eigenvalue weighted by atomic mass is 16.5. The second-order valence-corrected chi connectivity index (χ2v) is 3.62. The minimum absolute atomic E-state index is 0.303. The van der Waals surface area contributed by atoms with Crippen molar-refractivity contribution >= 4 is 0 Å². The molecule has 2 heterocycles. The smallest absolute Gasteiger partial charge is 0.140 e. The van der Waals surface area contributed by atoms with E-state index in [0.717, 1.165) is 17.7 Å². The largest absolute Gasteiger partial charge is 0.491 e. The maximum atomic E-state index is 9.70. The minimum Gasteiger partial charge on any atom is -0.491 e. The average Bonchev–Trinajstić information content (AvgIpc) is 2.62. The molecule has 2 unspecified atom stereocenters. The third kappa shape index (κ3) is 1.58. The third-order valence-corrected chi connectivity index (χ3v) is 2.40. The number of ether oxygens (including phenoxy) is 1. The van der Waals surface area contributed by atoms with Gasteiger partial charge < -0.3 is 15.6 Å². The molecule has 0 fully saturated rings. The van der Waals surface area contributed by atoms with Gasteiger partial charge in [0.05, 0.1) is 18.5 Å². The number of hydrogen-bond donors (Lipinski definition) is 2. The standard InChI is InChI=1S/C10H14N2O2/c1-6(11)10(13)8-4-7-2-3-14-9(7)5-12-8/h4-6,10,13H,2-3,11H2,1H3. The number of hydrogen-bond acceptors (Lipinski definition) is 4. The molecule has 1 aliphatic heterocycles. The number of nitrogens with two attached hydrogens (primary N) is 1. The number of aliphatic hydroxyl groups is 1. The van der Waals surface area contributed by atoms with Crippen LogP contribution in [0.25, 0.3) is 0 Å². The SMILES string of the molecule is CC(N)C(O)c1cc2c(cn1)OCC2. The third-order valence-electron chi connectivity index (χ3n) is 2.40. The number of aromatic nitrogens is 1. The Balaban J connectivity index is 2.28. The fourth-order valence-electron chi connectivity index (χ4n) is 1.53. The highest BCUT2D eigenvalue weighted by molar-refractivity contribution is 5.36. The predicted molar refractivity (Wildman–Crippen MR) is 52.0 cm³/mol. The Morgan fingerprint density at radius 1 is 1.64 bits per heavy atom. The van der Waals surface area contributed by atoms with E-state index in [9.17, 15) is 5.11 Å². The molecule has 0 radical (unpaired) electrons. The van der Waals surface area contributed by atoms with E-state index < -0.39 is 6.10 Å². The summed E-state index contributed by atoms with van der Waals surface area (Å²) in [6.07, 6.45) is 1.85. The van der Waals surface area contributed by atoms with Gasteiger partial charge in [0.15, 0.2) is 0 Å². The summed E-state index contributed by atoms with van der Waals surface area (Å²) in [5.74, 6) is 0.825. The lowest BCUT2D eigenvalue weighted by Crippen LogP contribution is -2.25. The Morgan fingerprint density at radius 2 is 2.43 bits per heavy atom. The van der Waals surface area contributed by atoms with Crippen molar-refractivity contribution < 1.29 is 9.84 Å². The molecule has 2 atom stereocenters. The van der Waals surface area contributed by atoms with E-state index in [4.69, 9.17) is 10.5 Å². The first-order valence-electron chi connectivity index (χ1n) is 4.74. The predicted octanol–water partition coefficient (Wildman–Crippen LogP) is 0.397. The summed E-state index contributed by atoms with van der Waals surface area (Å²) in [5, 5.41) is 9.70. The molecule has 0 amide bonds. The van der Waals surface area contributed by atoms with Gasteiger partial charge in [0, 0.05) is 18.0 Å². The van der Waals surface area contributed by atoms with Crippen molar-refractivity contribution in [3.8, 4) is 5.75 Å². The summed E-state index contributed by atoms with van der Waals surface area (Å²) in [5.41, 5.74) is 7.33. The van der Waals surface area contributed by atoms with Gasteiger partial charge in [-0.1, -0.05) is 0 Å².